The highest BCUT2D eigenvalue weighted by Gasteiger charge is 2.40. The molecule has 2 N–H and O–H groups in total. The van der Waals surface area contributed by atoms with E-state index in [4.69, 9.17) is 4.98 Å². The minimum atomic E-state index is -1.05. The summed E-state index contributed by atoms with van der Waals surface area (Å²) in [4.78, 5) is 19.5. The van der Waals surface area contributed by atoms with Crippen molar-refractivity contribution < 1.29 is 9.90 Å². The number of pyridine rings is 1. The minimum Gasteiger partial charge on any atom is -0.393 e. The predicted molar refractivity (Wildman–Crippen MR) is 186 cm³/mol. The number of benzene rings is 4. The second-order valence-corrected chi connectivity index (χ2v) is 12.9. The maximum atomic E-state index is 14.5. The van der Waals surface area contributed by atoms with Crippen molar-refractivity contribution in [1.29, 1.82) is 0 Å². The zero-order valence-electron chi connectivity index (χ0n) is 26.6. The number of aliphatic hydroxyl groups is 1. The zero-order chi connectivity index (χ0) is 31.7. The lowest BCUT2D eigenvalue weighted by atomic mass is 9.80. The summed E-state index contributed by atoms with van der Waals surface area (Å²) < 4.78 is 2.32. The van der Waals surface area contributed by atoms with Gasteiger partial charge in [0.15, 0.2) is 0 Å². The number of hydrogen-bond acceptors (Lipinski definition) is 3. The summed E-state index contributed by atoms with van der Waals surface area (Å²) in [7, 11) is 0. The number of rotatable bonds is 9. The van der Waals surface area contributed by atoms with Crippen molar-refractivity contribution in [2.24, 2.45) is 5.92 Å². The van der Waals surface area contributed by atoms with Gasteiger partial charge in [0.05, 0.1) is 18.0 Å². The molecule has 5 nitrogen and oxygen atoms in total. The van der Waals surface area contributed by atoms with Crippen LogP contribution in [0.15, 0.2) is 115 Å². The van der Waals surface area contributed by atoms with Crippen molar-refractivity contribution in [3.63, 3.8) is 0 Å². The van der Waals surface area contributed by atoms with E-state index in [9.17, 15) is 9.90 Å². The zero-order valence-corrected chi connectivity index (χ0v) is 26.6. The summed E-state index contributed by atoms with van der Waals surface area (Å²) in [6, 6.07) is 39.0. The summed E-state index contributed by atoms with van der Waals surface area (Å²) in [5, 5.41) is 16.8. The van der Waals surface area contributed by atoms with Crippen LogP contribution in [0.4, 0.5) is 0 Å². The lowest BCUT2D eigenvalue weighted by molar-refractivity contribution is -0.126. The highest BCUT2D eigenvalue weighted by molar-refractivity contribution is 6.08. The Hall–Kier alpha value is -4.74. The van der Waals surface area contributed by atoms with Crippen LogP contribution in [0.5, 0.6) is 0 Å². The molecule has 7 rings (SSSR count). The topological polar surface area (TPSA) is 67.2 Å². The van der Waals surface area contributed by atoms with Crippen LogP contribution in [0, 0.1) is 19.8 Å². The molecule has 232 valence electrons. The Morgan fingerprint density at radius 3 is 2.11 bits per heavy atom. The van der Waals surface area contributed by atoms with E-state index in [2.05, 4.69) is 78.3 Å². The van der Waals surface area contributed by atoms with Gasteiger partial charge >= 0.3 is 0 Å². The molecule has 1 aliphatic carbocycles. The first kappa shape index (κ1) is 29.9. The molecule has 1 saturated carbocycles. The molecule has 5 heteroatoms. The number of aromatic nitrogens is 2. The highest BCUT2D eigenvalue weighted by Crippen LogP contribution is 2.40. The molecule has 0 radical (unpaired) electrons. The lowest BCUT2D eigenvalue weighted by Crippen LogP contribution is -2.51. The van der Waals surface area contributed by atoms with Crippen LogP contribution in [0.2, 0.25) is 0 Å². The average molecular weight is 608 g/mol. The van der Waals surface area contributed by atoms with Gasteiger partial charge in [0.2, 0.25) is 5.91 Å². The van der Waals surface area contributed by atoms with Gasteiger partial charge in [0.1, 0.15) is 11.2 Å². The number of aryl methyl sites for hydroxylation is 2. The van der Waals surface area contributed by atoms with Gasteiger partial charge in [-0.15, -0.1) is 0 Å². The number of nitrogens with zero attached hydrogens (tertiary/aromatic N) is 2. The molecule has 2 heterocycles. The van der Waals surface area contributed by atoms with E-state index in [1.54, 1.807) is 0 Å². The van der Waals surface area contributed by atoms with Crippen LogP contribution in [0.3, 0.4) is 0 Å². The molecule has 1 unspecified atom stereocenters. The third-order valence-corrected chi connectivity index (χ3v) is 9.99. The van der Waals surface area contributed by atoms with Crippen molar-refractivity contribution in [2.45, 2.75) is 57.5 Å². The van der Waals surface area contributed by atoms with E-state index in [0.29, 0.717) is 6.54 Å². The largest absolute Gasteiger partial charge is 0.393 e. The Morgan fingerprint density at radius 1 is 0.870 bits per heavy atom. The van der Waals surface area contributed by atoms with Gasteiger partial charge in [0, 0.05) is 23.0 Å². The first-order valence-electron chi connectivity index (χ1n) is 16.5. The third-order valence-electron chi connectivity index (χ3n) is 9.99. The smallest absolute Gasteiger partial charge is 0.228 e. The maximum Gasteiger partial charge on any atom is 0.228 e. The van der Waals surface area contributed by atoms with E-state index in [-0.39, 0.29) is 24.3 Å². The van der Waals surface area contributed by atoms with Crippen molar-refractivity contribution in [3.05, 3.63) is 149 Å². The van der Waals surface area contributed by atoms with Gasteiger partial charge < -0.3 is 15.0 Å². The Morgan fingerprint density at radius 2 is 1.48 bits per heavy atom. The van der Waals surface area contributed by atoms with Crippen LogP contribution in [-0.4, -0.2) is 27.2 Å². The van der Waals surface area contributed by atoms with E-state index in [0.717, 1.165) is 59.3 Å². The first-order valence-corrected chi connectivity index (χ1v) is 16.5. The second kappa shape index (κ2) is 12.6. The monoisotopic (exact) mass is 607 g/mol. The number of carbonyl (C=O) groups excluding carboxylic acids is 1. The number of aliphatic hydroxyl groups excluding tert-OH is 1. The molecule has 1 aliphatic rings. The Labute approximate surface area is 270 Å². The molecule has 0 aliphatic heterocycles. The Kier molecular flexibility index (Phi) is 8.18. The molecule has 0 spiro atoms. The normalized spacial score (nSPS) is 14.6. The summed E-state index contributed by atoms with van der Waals surface area (Å²) in [6.07, 6.45) is 4.31. The predicted octanol–water partition coefficient (Wildman–Crippen LogP) is 8.18. The Bertz CT molecular complexity index is 1930. The van der Waals surface area contributed by atoms with Gasteiger partial charge in [-0.25, -0.2) is 4.98 Å². The van der Waals surface area contributed by atoms with Gasteiger partial charge in [-0.2, -0.15) is 0 Å². The van der Waals surface area contributed by atoms with Crippen LogP contribution >= 0.6 is 0 Å². The Balaban J connectivity index is 1.24. The van der Waals surface area contributed by atoms with Gasteiger partial charge in [0.25, 0.3) is 0 Å². The third kappa shape index (κ3) is 5.39. The van der Waals surface area contributed by atoms with Crippen LogP contribution in [0.1, 0.15) is 65.1 Å². The number of carbonyl (C=O) groups is 1. The second-order valence-electron chi connectivity index (χ2n) is 12.9. The summed E-state index contributed by atoms with van der Waals surface area (Å²) in [6.45, 7) is 4.67. The molecular formula is C41H41N3O2. The average Bonchev–Trinajstić information content (AvgIpc) is 3.72. The number of para-hydroxylation sites is 1. The molecule has 1 atom stereocenters. The number of hydrogen-bond donors (Lipinski definition) is 2. The first-order chi connectivity index (χ1) is 22.5. The molecular weight excluding hydrogens is 566 g/mol. The highest BCUT2D eigenvalue weighted by atomic mass is 16.3. The molecule has 6 aromatic rings. The van der Waals surface area contributed by atoms with Gasteiger partial charge in [-0.3, -0.25) is 4.79 Å². The summed E-state index contributed by atoms with van der Waals surface area (Å²) >= 11 is 0. The minimum absolute atomic E-state index is 0.0426. The van der Waals surface area contributed by atoms with E-state index in [1.165, 1.54) is 21.9 Å². The van der Waals surface area contributed by atoms with Crippen molar-refractivity contribution in [2.75, 3.05) is 6.61 Å². The number of nitrogens with one attached hydrogen (secondary N) is 1. The summed E-state index contributed by atoms with van der Waals surface area (Å²) in [5.74, 6) is -0.102. The van der Waals surface area contributed by atoms with Gasteiger partial charge in [-0.1, -0.05) is 116 Å². The van der Waals surface area contributed by atoms with E-state index in [1.807, 2.05) is 60.7 Å². The van der Waals surface area contributed by atoms with E-state index >= 15 is 0 Å². The lowest BCUT2D eigenvalue weighted by Gasteiger charge is -2.36. The molecule has 0 saturated heterocycles. The van der Waals surface area contributed by atoms with Crippen LogP contribution in [0.25, 0.3) is 21.9 Å². The van der Waals surface area contributed by atoms with Crippen molar-refractivity contribution in [3.8, 4) is 0 Å². The van der Waals surface area contributed by atoms with Crippen molar-refractivity contribution >= 4 is 27.8 Å². The quantitative estimate of drug-likeness (QED) is 0.174. The molecule has 2 aromatic heterocycles. The fourth-order valence-electron chi connectivity index (χ4n) is 7.75. The standard InChI is InChI=1S/C41H41N3O2/c1-28-25-29(2)42-39-37(28)35-19-11-12-20-36(35)44(39)26-30-21-23-32(24-22-30)38(31-13-9-10-14-31)40(46)43-41(27-45,33-15-5-3-6-16-33)34-17-7-4-8-18-34/h3-8,11-12,15-25,31,38,45H,9-10,13-14,26-27H2,1-2H3,(H,43,46). The number of amides is 1. The van der Waals surface area contributed by atoms with Crippen molar-refractivity contribution in [1.82, 2.24) is 14.9 Å². The molecule has 0 bridgehead atoms. The SMILES string of the molecule is Cc1cc(C)c2c3ccccc3n(Cc3ccc(C(C(=O)NC(CO)(c4ccccc4)c4ccccc4)C4CCCC4)cc3)c2n1. The molecule has 4 aromatic carbocycles. The molecule has 46 heavy (non-hydrogen) atoms. The summed E-state index contributed by atoms with van der Waals surface area (Å²) in [5.41, 5.74) is 7.30. The van der Waals surface area contributed by atoms with Crippen LogP contribution in [-0.2, 0) is 16.9 Å². The van der Waals surface area contributed by atoms with E-state index < -0.39 is 5.54 Å². The fraction of sp³-hybridized carbons (Fsp3) is 0.268. The van der Waals surface area contributed by atoms with Gasteiger partial charge in [-0.05, 0) is 72.6 Å². The maximum absolute atomic E-state index is 14.5. The molecule has 1 fully saturated rings. The number of fused-ring (bicyclic) bond motifs is 3. The van der Waals surface area contributed by atoms with Crippen LogP contribution < -0.4 is 5.32 Å². The fourth-order valence-corrected chi connectivity index (χ4v) is 7.75. The molecule has 1 amide bonds.